The lowest BCUT2D eigenvalue weighted by Crippen LogP contribution is -2.21. The summed E-state index contributed by atoms with van der Waals surface area (Å²) in [6.45, 7) is 9.35. The van der Waals surface area contributed by atoms with Gasteiger partial charge in [0.05, 0.1) is 0 Å². The van der Waals surface area contributed by atoms with Crippen molar-refractivity contribution in [2.24, 2.45) is 5.41 Å². The third-order valence-corrected chi connectivity index (χ3v) is 16.0. The van der Waals surface area contributed by atoms with Gasteiger partial charge in [0.25, 0.3) is 0 Å². The van der Waals surface area contributed by atoms with E-state index in [1.54, 1.807) is 25.7 Å². The first kappa shape index (κ1) is 64.0. The van der Waals surface area contributed by atoms with Crippen molar-refractivity contribution in [1.29, 1.82) is 0 Å². The Hall–Kier alpha value is 0. The van der Waals surface area contributed by atoms with Crippen LogP contribution in [0.15, 0.2) is 0 Å². The summed E-state index contributed by atoms with van der Waals surface area (Å²) in [5, 5.41) is 0. The second-order valence-corrected chi connectivity index (χ2v) is 22.5. The van der Waals surface area contributed by atoms with Crippen LogP contribution in [-0.4, -0.2) is 0 Å². The van der Waals surface area contributed by atoms with Crippen LogP contribution in [0.3, 0.4) is 0 Å². The van der Waals surface area contributed by atoms with Crippen LogP contribution >= 0.6 is 0 Å². The van der Waals surface area contributed by atoms with E-state index in [0.29, 0.717) is 5.41 Å². The van der Waals surface area contributed by atoms with Crippen LogP contribution in [0, 0.1) is 5.41 Å². The van der Waals surface area contributed by atoms with Crippen LogP contribution in [-0.2, 0) is 0 Å². The molecule has 0 radical (unpaired) electrons. The minimum absolute atomic E-state index is 0.658. The lowest BCUT2D eigenvalue weighted by molar-refractivity contribution is 0.171. The molecule has 1 unspecified atom stereocenters. The molecule has 0 aromatic heterocycles. The van der Waals surface area contributed by atoms with Crippen LogP contribution in [0.4, 0.5) is 0 Å². The molecular weight excluding hydrogens is 769 g/mol. The SMILES string of the molecule is CCCCCCCCCCCCCCCCCCCCC(CCCCCCCCC)(CCCCCCCCCCCCCCCC)CCCCCCCCCCCCCCCCCC. The Morgan fingerprint density at radius 1 is 0.125 bits per heavy atom. The smallest absolute Gasteiger partial charge is 0.0297 e. The normalized spacial score (nSPS) is 12.8. The zero-order valence-electron chi connectivity index (χ0n) is 46.2. The van der Waals surface area contributed by atoms with Gasteiger partial charge in [-0.2, -0.15) is 0 Å². The van der Waals surface area contributed by atoms with E-state index in [0.717, 1.165) is 0 Å². The largest absolute Gasteiger partial charge is 0.0654 e. The predicted octanol–water partition coefficient (Wildman–Crippen LogP) is 25.1. The maximum atomic E-state index is 2.37. The number of hydrogen-bond donors (Lipinski definition) is 0. The Morgan fingerprint density at radius 2 is 0.219 bits per heavy atom. The highest BCUT2D eigenvalue weighted by Gasteiger charge is 2.28. The van der Waals surface area contributed by atoms with Crippen LogP contribution in [0.25, 0.3) is 0 Å². The monoisotopic (exact) mass is 899 g/mol. The molecule has 0 saturated carbocycles. The minimum Gasteiger partial charge on any atom is -0.0654 e. The summed E-state index contributed by atoms with van der Waals surface area (Å²) in [7, 11) is 0. The van der Waals surface area contributed by atoms with Crippen molar-refractivity contribution in [3.8, 4) is 0 Å². The first-order valence-corrected chi connectivity index (χ1v) is 31.7. The minimum atomic E-state index is 0.658. The summed E-state index contributed by atoms with van der Waals surface area (Å²) in [4.78, 5) is 0. The van der Waals surface area contributed by atoms with Gasteiger partial charge in [-0.1, -0.05) is 381 Å². The standard InChI is InChI=1S/C64H130/c1-5-9-13-17-21-24-27-30-33-35-36-38-41-44-47-51-55-59-63-64(60-56-52-48-20-16-12-8-4,61-57-53-49-45-42-39-32-29-26-23-19-15-11-7-3)62-58-54-50-46-43-40-37-34-31-28-25-22-18-14-10-6-2/h5-63H2,1-4H3. The van der Waals surface area contributed by atoms with Crippen molar-refractivity contribution < 1.29 is 0 Å². The molecule has 64 heavy (non-hydrogen) atoms. The Morgan fingerprint density at radius 3 is 0.328 bits per heavy atom. The Balaban J connectivity index is 4.73. The lowest BCUT2D eigenvalue weighted by atomic mass is 9.70. The van der Waals surface area contributed by atoms with E-state index in [2.05, 4.69) is 27.7 Å². The van der Waals surface area contributed by atoms with E-state index >= 15 is 0 Å². The maximum Gasteiger partial charge on any atom is -0.0297 e. The molecule has 0 heteroatoms. The highest BCUT2D eigenvalue weighted by Crippen LogP contribution is 2.42. The molecule has 0 saturated heterocycles. The van der Waals surface area contributed by atoms with Crippen LogP contribution in [0.2, 0.25) is 0 Å². The molecule has 0 aromatic carbocycles. The number of unbranched alkanes of at least 4 members (excludes halogenated alkanes) is 51. The van der Waals surface area contributed by atoms with Crippen molar-refractivity contribution in [3.05, 3.63) is 0 Å². The second kappa shape index (κ2) is 57.3. The molecule has 386 valence electrons. The number of hydrogen-bond acceptors (Lipinski definition) is 0. The molecular formula is C64H130. The first-order chi connectivity index (χ1) is 31.7. The summed E-state index contributed by atoms with van der Waals surface area (Å²) in [5.41, 5.74) is 0.658. The average Bonchev–Trinajstić information content (AvgIpc) is 3.30. The molecule has 0 rings (SSSR count). The molecule has 0 aliphatic carbocycles. The molecule has 0 fully saturated rings. The predicted molar refractivity (Wildman–Crippen MR) is 298 cm³/mol. The Bertz CT molecular complexity index is 783. The summed E-state index contributed by atoms with van der Waals surface area (Å²) >= 11 is 0. The van der Waals surface area contributed by atoms with Crippen molar-refractivity contribution in [1.82, 2.24) is 0 Å². The van der Waals surface area contributed by atoms with Gasteiger partial charge in [-0.05, 0) is 31.1 Å². The maximum absolute atomic E-state index is 2.37. The van der Waals surface area contributed by atoms with Crippen molar-refractivity contribution in [2.75, 3.05) is 0 Å². The second-order valence-electron chi connectivity index (χ2n) is 22.5. The van der Waals surface area contributed by atoms with E-state index in [1.165, 1.54) is 353 Å². The molecule has 0 amide bonds. The molecule has 0 nitrogen and oxygen atoms in total. The highest BCUT2D eigenvalue weighted by atomic mass is 14.3. The number of rotatable bonds is 59. The van der Waals surface area contributed by atoms with E-state index < -0.39 is 0 Å². The van der Waals surface area contributed by atoms with Gasteiger partial charge in [-0.25, -0.2) is 0 Å². The van der Waals surface area contributed by atoms with E-state index in [-0.39, 0.29) is 0 Å². The first-order valence-electron chi connectivity index (χ1n) is 31.7. The summed E-state index contributed by atoms with van der Waals surface area (Å²) in [6.07, 6.45) is 87.7. The summed E-state index contributed by atoms with van der Waals surface area (Å²) in [6, 6.07) is 0. The summed E-state index contributed by atoms with van der Waals surface area (Å²) < 4.78 is 0. The van der Waals surface area contributed by atoms with E-state index in [4.69, 9.17) is 0 Å². The molecule has 0 spiro atoms. The Kier molecular flexibility index (Phi) is 57.3. The molecule has 1 atom stereocenters. The molecule has 0 heterocycles. The fourth-order valence-electron chi connectivity index (χ4n) is 11.4. The van der Waals surface area contributed by atoms with Gasteiger partial charge in [-0.15, -0.1) is 0 Å². The van der Waals surface area contributed by atoms with Gasteiger partial charge in [0.15, 0.2) is 0 Å². The van der Waals surface area contributed by atoms with Gasteiger partial charge in [0, 0.05) is 0 Å². The Labute approximate surface area is 410 Å². The third kappa shape index (κ3) is 51.4. The zero-order chi connectivity index (χ0) is 46.2. The fourth-order valence-corrected chi connectivity index (χ4v) is 11.4. The van der Waals surface area contributed by atoms with Crippen LogP contribution in [0.1, 0.15) is 407 Å². The fraction of sp³-hybridized carbons (Fsp3) is 1.00. The van der Waals surface area contributed by atoms with E-state index in [1.807, 2.05) is 0 Å². The summed E-state index contributed by atoms with van der Waals surface area (Å²) in [5.74, 6) is 0. The van der Waals surface area contributed by atoms with E-state index in [9.17, 15) is 0 Å². The third-order valence-electron chi connectivity index (χ3n) is 16.0. The van der Waals surface area contributed by atoms with Gasteiger partial charge in [0.2, 0.25) is 0 Å². The molecule has 0 N–H and O–H groups in total. The van der Waals surface area contributed by atoms with Crippen LogP contribution in [0.5, 0.6) is 0 Å². The van der Waals surface area contributed by atoms with Gasteiger partial charge in [0.1, 0.15) is 0 Å². The molecule has 0 aliphatic heterocycles. The van der Waals surface area contributed by atoms with Crippen LogP contribution < -0.4 is 0 Å². The van der Waals surface area contributed by atoms with Gasteiger partial charge < -0.3 is 0 Å². The molecule has 0 bridgehead atoms. The lowest BCUT2D eigenvalue weighted by Gasteiger charge is -2.35. The van der Waals surface area contributed by atoms with Crippen molar-refractivity contribution in [2.45, 2.75) is 407 Å². The van der Waals surface area contributed by atoms with Gasteiger partial charge >= 0.3 is 0 Å². The van der Waals surface area contributed by atoms with Gasteiger partial charge in [-0.3, -0.25) is 0 Å². The average molecular weight is 900 g/mol. The molecule has 0 aliphatic rings. The zero-order valence-corrected chi connectivity index (χ0v) is 46.2. The topological polar surface area (TPSA) is 0 Å². The van der Waals surface area contributed by atoms with Crippen molar-refractivity contribution in [3.63, 3.8) is 0 Å². The molecule has 0 aromatic rings. The van der Waals surface area contributed by atoms with Crippen molar-refractivity contribution >= 4 is 0 Å². The highest BCUT2D eigenvalue weighted by molar-refractivity contribution is 4.80. The quantitative estimate of drug-likeness (QED) is 0.0534.